The topological polar surface area (TPSA) is 32.3 Å². The average Bonchev–Trinajstić information content (AvgIpc) is 2.71. The Hall–Kier alpha value is -0.730. The molecule has 0 aromatic rings. The summed E-state index contributed by atoms with van der Waals surface area (Å²) in [5.74, 6) is 0. The van der Waals surface area contributed by atoms with Crippen molar-refractivity contribution in [1.29, 1.82) is 0 Å². The average molecular weight is 210 g/mol. The van der Waals surface area contributed by atoms with Crippen molar-refractivity contribution in [2.75, 3.05) is 19.6 Å². The molecule has 2 amide bonds. The molecule has 1 aliphatic heterocycles. The molecule has 0 unspecified atom stereocenters. The van der Waals surface area contributed by atoms with Crippen molar-refractivity contribution in [3.05, 3.63) is 0 Å². The smallest absolute Gasteiger partial charge is 0.317 e. The summed E-state index contributed by atoms with van der Waals surface area (Å²) in [6, 6.07) is 0.154. The lowest BCUT2D eigenvalue weighted by molar-refractivity contribution is 0.139. The predicted molar refractivity (Wildman–Crippen MR) is 60.8 cm³/mol. The fraction of sp³-hybridized carbons (Fsp3) is 0.917. The van der Waals surface area contributed by atoms with E-state index in [9.17, 15) is 4.79 Å². The molecule has 0 bridgehead atoms. The van der Waals surface area contributed by atoms with Gasteiger partial charge in [0.05, 0.1) is 0 Å². The van der Waals surface area contributed by atoms with E-state index >= 15 is 0 Å². The Kier molecular flexibility index (Phi) is 3.17. The first-order valence-corrected chi connectivity index (χ1v) is 6.29. The lowest BCUT2D eigenvalue weighted by Gasteiger charge is -2.36. The van der Waals surface area contributed by atoms with Gasteiger partial charge in [0.15, 0.2) is 0 Å². The van der Waals surface area contributed by atoms with Gasteiger partial charge in [-0.3, -0.25) is 0 Å². The molecular formula is C12H22N2O. The van der Waals surface area contributed by atoms with Crippen LogP contribution in [0.15, 0.2) is 0 Å². The van der Waals surface area contributed by atoms with Gasteiger partial charge in [0, 0.05) is 19.6 Å². The molecule has 0 aromatic carbocycles. The summed E-state index contributed by atoms with van der Waals surface area (Å²) in [5, 5.41) is 2.93. The first-order chi connectivity index (χ1) is 7.26. The number of nitrogens with one attached hydrogen (secondary N) is 1. The maximum Gasteiger partial charge on any atom is 0.317 e. The molecule has 2 fully saturated rings. The Labute approximate surface area is 92.2 Å². The van der Waals surface area contributed by atoms with Crippen LogP contribution in [0.2, 0.25) is 0 Å². The Morgan fingerprint density at radius 3 is 2.67 bits per heavy atom. The molecule has 0 radical (unpaired) electrons. The summed E-state index contributed by atoms with van der Waals surface area (Å²) in [4.78, 5) is 13.7. The molecule has 1 saturated heterocycles. The Morgan fingerprint density at radius 1 is 1.33 bits per heavy atom. The third kappa shape index (κ3) is 2.27. The maximum atomic E-state index is 11.7. The highest BCUT2D eigenvalue weighted by Gasteiger charge is 2.35. The zero-order valence-corrected chi connectivity index (χ0v) is 9.72. The molecule has 2 rings (SSSR count). The van der Waals surface area contributed by atoms with Gasteiger partial charge in [-0.05, 0) is 31.1 Å². The van der Waals surface area contributed by atoms with Gasteiger partial charge in [0.2, 0.25) is 0 Å². The van der Waals surface area contributed by atoms with Crippen molar-refractivity contribution < 1.29 is 4.79 Å². The van der Waals surface area contributed by atoms with E-state index in [4.69, 9.17) is 0 Å². The molecule has 0 atom stereocenters. The normalized spacial score (nSPS) is 25.4. The van der Waals surface area contributed by atoms with Crippen LogP contribution < -0.4 is 5.32 Å². The van der Waals surface area contributed by atoms with Gasteiger partial charge in [-0.1, -0.05) is 19.8 Å². The summed E-state index contributed by atoms with van der Waals surface area (Å²) in [6.07, 6.45) is 7.65. The summed E-state index contributed by atoms with van der Waals surface area (Å²) >= 11 is 0. The van der Waals surface area contributed by atoms with E-state index in [1.54, 1.807) is 0 Å². The molecule has 0 spiro atoms. The molecule has 1 saturated carbocycles. The highest BCUT2D eigenvalue weighted by molar-refractivity contribution is 5.74. The molecule has 1 heterocycles. The molecule has 0 aromatic heterocycles. The van der Waals surface area contributed by atoms with Gasteiger partial charge >= 0.3 is 6.03 Å². The van der Waals surface area contributed by atoms with Crippen molar-refractivity contribution in [3.63, 3.8) is 0 Å². The summed E-state index contributed by atoms with van der Waals surface area (Å²) < 4.78 is 0. The first kappa shape index (κ1) is 10.8. The molecule has 3 heteroatoms. The fourth-order valence-electron chi connectivity index (χ4n) is 2.98. The van der Waals surface area contributed by atoms with Gasteiger partial charge in [-0.15, -0.1) is 0 Å². The number of rotatable bonds is 3. The summed E-state index contributed by atoms with van der Waals surface area (Å²) in [5.41, 5.74) is 0.439. The van der Waals surface area contributed by atoms with E-state index in [2.05, 4.69) is 12.2 Å². The minimum atomic E-state index is 0.154. The predicted octanol–water partition coefficient (Wildman–Crippen LogP) is 2.37. The quantitative estimate of drug-likeness (QED) is 0.762. The molecule has 3 nitrogen and oxygen atoms in total. The SMILES string of the molecule is CCC1(CN2CCCNC2=O)CCCC1. The third-order valence-corrected chi connectivity index (χ3v) is 4.11. The number of amides is 2. The zero-order chi connectivity index (χ0) is 10.7. The van der Waals surface area contributed by atoms with E-state index in [1.165, 1.54) is 32.1 Å². The van der Waals surface area contributed by atoms with E-state index < -0.39 is 0 Å². The zero-order valence-electron chi connectivity index (χ0n) is 9.72. The van der Waals surface area contributed by atoms with Crippen LogP contribution in [0.4, 0.5) is 4.79 Å². The summed E-state index contributed by atoms with van der Waals surface area (Å²) in [6.45, 7) is 5.06. The van der Waals surface area contributed by atoms with Crippen LogP contribution in [0.5, 0.6) is 0 Å². The van der Waals surface area contributed by atoms with Crippen molar-refractivity contribution in [2.24, 2.45) is 5.41 Å². The van der Waals surface area contributed by atoms with Crippen LogP contribution in [0.25, 0.3) is 0 Å². The van der Waals surface area contributed by atoms with Crippen molar-refractivity contribution in [1.82, 2.24) is 10.2 Å². The highest BCUT2D eigenvalue weighted by Crippen LogP contribution is 2.41. The fourth-order valence-corrected chi connectivity index (χ4v) is 2.98. The second-order valence-corrected chi connectivity index (χ2v) is 5.07. The lowest BCUT2D eigenvalue weighted by atomic mass is 9.83. The van der Waals surface area contributed by atoms with Crippen molar-refractivity contribution in [2.45, 2.75) is 45.4 Å². The number of urea groups is 1. The Morgan fingerprint density at radius 2 is 2.07 bits per heavy atom. The minimum Gasteiger partial charge on any atom is -0.338 e. The molecule has 86 valence electrons. The highest BCUT2D eigenvalue weighted by atomic mass is 16.2. The molecule has 1 aliphatic carbocycles. The number of carbonyl (C=O) groups is 1. The molecule has 1 N–H and O–H groups in total. The second kappa shape index (κ2) is 4.42. The van der Waals surface area contributed by atoms with Crippen molar-refractivity contribution in [3.8, 4) is 0 Å². The standard InChI is InChI=1S/C12H22N2O/c1-2-12(6-3-4-7-12)10-14-9-5-8-13-11(14)15/h2-10H2,1H3,(H,13,15). The monoisotopic (exact) mass is 210 g/mol. The van der Waals surface area contributed by atoms with Gasteiger partial charge < -0.3 is 10.2 Å². The first-order valence-electron chi connectivity index (χ1n) is 6.29. The van der Waals surface area contributed by atoms with Crippen LogP contribution in [0, 0.1) is 5.41 Å². The number of hydrogen-bond donors (Lipinski definition) is 1. The molecule has 15 heavy (non-hydrogen) atoms. The Balaban J connectivity index is 1.96. The minimum absolute atomic E-state index is 0.154. The van der Waals surface area contributed by atoms with Crippen LogP contribution in [0.1, 0.15) is 45.4 Å². The van der Waals surface area contributed by atoms with Crippen LogP contribution in [-0.2, 0) is 0 Å². The molecule has 2 aliphatic rings. The van der Waals surface area contributed by atoms with Gasteiger partial charge in [-0.2, -0.15) is 0 Å². The van der Waals surface area contributed by atoms with E-state index in [0.717, 1.165) is 26.1 Å². The van der Waals surface area contributed by atoms with E-state index in [-0.39, 0.29) is 6.03 Å². The Bertz CT molecular complexity index is 234. The second-order valence-electron chi connectivity index (χ2n) is 5.07. The van der Waals surface area contributed by atoms with Gasteiger partial charge in [0.25, 0.3) is 0 Å². The van der Waals surface area contributed by atoms with Gasteiger partial charge in [-0.25, -0.2) is 4.79 Å². The van der Waals surface area contributed by atoms with E-state index in [1.807, 2.05) is 4.90 Å². The number of nitrogens with zero attached hydrogens (tertiary/aromatic N) is 1. The third-order valence-electron chi connectivity index (χ3n) is 4.11. The molecular weight excluding hydrogens is 188 g/mol. The maximum absolute atomic E-state index is 11.7. The van der Waals surface area contributed by atoms with Crippen LogP contribution >= 0.6 is 0 Å². The lowest BCUT2D eigenvalue weighted by Crippen LogP contribution is -2.50. The van der Waals surface area contributed by atoms with Crippen molar-refractivity contribution >= 4 is 6.03 Å². The van der Waals surface area contributed by atoms with Crippen LogP contribution in [0.3, 0.4) is 0 Å². The van der Waals surface area contributed by atoms with E-state index in [0.29, 0.717) is 5.41 Å². The largest absolute Gasteiger partial charge is 0.338 e. The van der Waals surface area contributed by atoms with Gasteiger partial charge in [0.1, 0.15) is 0 Å². The number of hydrogen-bond acceptors (Lipinski definition) is 1. The summed E-state index contributed by atoms with van der Waals surface area (Å²) in [7, 11) is 0. The van der Waals surface area contributed by atoms with Crippen LogP contribution in [-0.4, -0.2) is 30.6 Å². The number of carbonyl (C=O) groups excluding carboxylic acids is 1.